The minimum absolute atomic E-state index is 1.11. The Morgan fingerprint density at radius 1 is 0.227 bits per heavy atom. The van der Waals surface area contributed by atoms with E-state index in [1.165, 1.54) is 65.3 Å². The third-order valence-electron chi connectivity index (χ3n) is 8.01. The van der Waals surface area contributed by atoms with Crippen molar-refractivity contribution in [2.45, 2.75) is 0 Å². The summed E-state index contributed by atoms with van der Waals surface area (Å²) in [6, 6.07) is 51.2. The van der Waals surface area contributed by atoms with Crippen molar-refractivity contribution in [2.24, 2.45) is 0 Å². The van der Waals surface area contributed by atoms with E-state index in [1.54, 1.807) is 0 Å². The number of halogens is 4. The molecule has 0 heterocycles. The van der Waals surface area contributed by atoms with E-state index < -0.39 is 0 Å². The van der Waals surface area contributed by atoms with Crippen LogP contribution in [0.1, 0.15) is 0 Å². The molecular weight excluding hydrogens is 800 g/mol. The minimum Gasteiger partial charge on any atom is -0.0616 e. The molecule has 4 heteroatoms. The van der Waals surface area contributed by atoms with Crippen LogP contribution in [-0.2, 0) is 0 Å². The molecule has 212 valence electrons. The van der Waals surface area contributed by atoms with Crippen molar-refractivity contribution >= 4 is 107 Å². The fourth-order valence-electron chi connectivity index (χ4n) is 6.00. The van der Waals surface area contributed by atoms with E-state index in [0.29, 0.717) is 0 Å². The summed E-state index contributed by atoms with van der Waals surface area (Å²) in [4.78, 5) is 0. The fraction of sp³-hybridized carbons (Fsp3) is 0. The summed E-state index contributed by atoms with van der Waals surface area (Å²) in [5.74, 6) is 0. The zero-order valence-corrected chi connectivity index (χ0v) is 29.7. The first-order valence-corrected chi connectivity index (χ1v) is 17.4. The highest BCUT2D eigenvalue weighted by Crippen LogP contribution is 2.44. The van der Waals surface area contributed by atoms with Gasteiger partial charge in [0.15, 0.2) is 0 Å². The van der Waals surface area contributed by atoms with Crippen molar-refractivity contribution in [3.8, 4) is 22.3 Å². The van der Waals surface area contributed by atoms with Gasteiger partial charge in [0.05, 0.1) is 0 Å². The van der Waals surface area contributed by atoms with Gasteiger partial charge in [-0.15, -0.1) is 0 Å². The Balaban J connectivity index is 0.000000142. The lowest BCUT2D eigenvalue weighted by Gasteiger charge is -2.14. The first kappa shape index (κ1) is 29.4. The monoisotopic (exact) mass is 820 g/mol. The second-order valence-corrected chi connectivity index (χ2v) is 14.0. The molecule has 0 aliphatic rings. The molecular formula is C40H24Br4. The summed E-state index contributed by atoms with van der Waals surface area (Å²) < 4.78 is 4.46. The van der Waals surface area contributed by atoms with E-state index in [1.807, 2.05) is 0 Å². The normalized spacial score (nSPS) is 11.2. The molecule has 0 spiro atoms. The first-order valence-electron chi connectivity index (χ1n) is 14.2. The van der Waals surface area contributed by atoms with E-state index in [2.05, 4.69) is 209 Å². The van der Waals surface area contributed by atoms with Gasteiger partial charge >= 0.3 is 0 Å². The Hall–Kier alpha value is -3.28. The summed E-state index contributed by atoms with van der Waals surface area (Å²) in [5.41, 5.74) is 4.95. The summed E-state index contributed by atoms with van der Waals surface area (Å²) in [5, 5.41) is 10.0. The van der Waals surface area contributed by atoms with Crippen molar-refractivity contribution in [1.29, 1.82) is 0 Å². The second kappa shape index (κ2) is 12.6. The van der Waals surface area contributed by atoms with Crippen LogP contribution in [0.5, 0.6) is 0 Å². The van der Waals surface area contributed by atoms with Crippen LogP contribution >= 0.6 is 63.7 Å². The molecule has 8 aromatic carbocycles. The quantitative estimate of drug-likeness (QED) is 0.163. The highest BCUT2D eigenvalue weighted by molar-refractivity contribution is 9.11. The lowest BCUT2D eigenvalue weighted by atomic mass is 9.94. The molecule has 0 aliphatic heterocycles. The molecule has 0 radical (unpaired) electrons. The fourth-order valence-corrected chi connectivity index (χ4v) is 8.17. The van der Waals surface area contributed by atoms with Crippen molar-refractivity contribution in [3.05, 3.63) is 163 Å². The number of fused-ring (bicyclic) bond motifs is 4. The zero-order chi connectivity index (χ0) is 30.2. The van der Waals surface area contributed by atoms with E-state index in [-0.39, 0.29) is 0 Å². The largest absolute Gasteiger partial charge is 0.0616 e. The van der Waals surface area contributed by atoms with Gasteiger partial charge in [0.1, 0.15) is 0 Å². The van der Waals surface area contributed by atoms with E-state index >= 15 is 0 Å². The lowest BCUT2D eigenvalue weighted by Crippen LogP contribution is -1.87. The summed E-state index contributed by atoms with van der Waals surface area (Å²) in [6.45, 7) is 0. The number of rotatable bonds is 2. The Morgan fingerprint density at radius 2 is 0.432 bits per heavy atom. The SMILES string of the molecule is Brc1ccc2ccccc2c1-c1c(Br)ccc2ccccc12.Brc1ccc2ccccc2c1-c1c(Br)ccc2ccccc12. The molecule has 0 unspecified atom stereocenters. The van der Waals surface area contributed by atoms with Gasteiger partial charge in [-0.2, -0.15) is 0 Å². The third kappa shape index (κ3) is 5.43. The third-order valence-corrected chi connectivity index (χ3v) is 10.7. The second-order valence-electron chi connectivity index (χ2n) is 10.6. The Labute approximate surface area is 290 Å². The number of hydrogen-bond acceptors (Lipinski definition) is 0. The molecule has 0 saturated carbocycles. The number of hydrogen-bond donors (Lipinski definition) is 0. The zero-order valence-electron chi connectivity index (χ0n) is 23.4. The molecule has 0 aliphatic carbocycles. The minimum atomic E-state index is 1.11. The average Bonchev–Trinajstić information content (AvgIpc) is 3.06. The van der Waals surface area contributed by atoms with Crippen molar-refractivity contribution in [1.82, 2.24) is 0 Å². The Bertz CT molecular complexity index is 2010. The first-order chi connectivity index (χ1) is 21.5. The maximum Gasteiger partial charge on any atom is 0.0260 e. The highest BCUT2D eigenvalue weighted by Gasteiger charge is 2.16. The summed E-state index contributed by atoms with van der Waals surface area (Å²) in [6.07, 6.45) is 0. The molecule has 8 rings (SSSR count). The summed E-state index contributed by atoms with van der Waals surface area (Å²) in [7, 11) is 0. The molecule has 0 bridgehead atoms. The maximum atomic E-state index is 3.75. The van der Waals surface area contributed by atoms with Crippen molar-refractivity contribution in [3.63, 3.8) is 0 Å². The van der Waals surface area contributed by atoms with Crippen LogP contribution in [0.25, 0.3) is 65.3 Å². The average molecular weight is 824 g/mol. The van der Waals surface area contributed by atoms with Crippen LogP contribution in [0, 0.1) is 0 Å². The molecule has 0 fully saturated rings. The van der Waals surface area contributed by atoms with E-state index in [4.69, 9.17) is 0 Å². The molecule has 0 saturated heterocycles. The van der Waals surface area contributed by atoms with Gasteiger partial charge in [0, 0.05) is 40.1 Å². The van der Waals surface area contributed by atoms with Gasteiger partial charge in [0.2, 0.25) is 0 Å². The van der Waals surface area contributed by atoms with Crippen molar-refractivity contribution < 1.29 is 0 Å². The van der Waals surface area contributed by atoms with Crippen LogP contribution in [-0.4, -0.2) is 0 Å². The van der Waals surface area contributed by atoms with Gasteiger partial charge in [-0.3, -0.25) is 0 Å². The Morgan fingerprint density at radius 3 is 0.659 bits per heavy atom. The molecule has 0 N–H and O–H groups in total. The molecule has 0 aromatic heterocycles. The molecule has 0 nitrogen and oxygen atoms in total. The van der Waals surface area contributed by atoms with Gasteiger partial charge in [-0.25, -0.2) is 0 Å². The van der Waals surface area contributed by atoms with Crippen LogP contribution in [0.3, 0.4) is 0 Å². The standard InChI is InChI=1S/2C20H12Br2/c2*21-17-11-9-13-5-1-3-7-15(13)19(17)20-16-8-4-2-6-14(16)10-12-18(20)22/h2*1-12H. The predicted molar refractivity (Wildman–Crippen MR) is 205 cm³/mol. The molecule has 8 aromatic rings. The smallest absolute Gasteiger partial charge is 0.0260 e. The van der Waals surface area contributed by atoms with Gasteiger partial charge in [-0.05, 0) is 67.4 Å². The van der Waals surface area contributed by atoms with Gasteiger partial charge in [-0.1, -0.05) is 185 Å². The molecule has 44 heavy (non-hydrogen) atoms. The van der Waals surface area contributed by atoms with Crippen molar-refractivity contribution in [2.75, 3.05) is 0 Å². The van der Waals surface area contributed by atoms with E-state index in [0.717, 1.165) is 17.9 Å². The maximum absolute atomic E-state index is 3.75. The molecule has 0 atom stereocenters. The highest BCUT2D eigenvalue weighted by atomic mass is 79.9. The van der Waals surface area contributed by atoms with E-state index in [9.17, 15) is 0 Å². The summed E-state index contributed by atoms with van der Waals surface area (Å²) >= 11 is 15.0. The van der Waals surface area contributed by atoms with Crippen LogP contribution in [0.15, 0.2) is 163 Å². The topological polar surface area (TPSA) is 0 Å². The van der Waals surface area contributed by atoms with Crippen LogP contribution in [0.2, 0.25) is 0 Å². The van der Waals surface area contributed by atoms with Crippen LogP contribution in [0.4, 0.5) is 0 Å². The predicted octanol–water partition coefficient (Wildman–Crippen LogP) is 14.4. The lowest BCUT2D eigenvalue weighted by molar-refractivity contribution is 1.62. The van der Waals surface area contributed by atoms with Crippen LogP contribution < -0.4 is 0 Å². The van der Waals surface area contributed by atoms with Gasteiger partial charge in [0.25, 0.3) is 0 Å². The van der Waals surface area contributed by atoms with Gasteiger partial charge < -0.3 is 0 Å². The Kier molecular flexibility index (Phi) is 8.43. The number of benzene rings is 8. The molecule has 0 amide bonds.